The molecule has 1 heterocycles. The maximum atomic E-state index is 11.5. The quantitative estimate of drug-likeness (QED) is 0.708. The van der Waals surface area contributed by atoms with Crippen molar-refractivity contribution in [3.05, 3.63) is 0 Å². The molecule has 1 saturated heterocycles. The van der Waals surface area contributed by atoms with E-state index in [2.05, 4.69) is 4.90 Å². The number of hydrogen-bond acceptors (Lipinski definition) is 3. The summed E-state index contributed by atoms with van der Waals surface area (Å²) in [5.41, 5.74) is -1.01. The Morgan fingerprint density at radius 2 is 1.94 bits per heavy atom. The van der Waals surface area contributed by atoms with Crippen LogP contribution in [0.2, 0.25) is 0 Å². The predicted octanol–water partition coefficient (Wildman–Crippen LogP) is 0.402. The van der Waals surface area contributed by atoms with Crippen LogP contribution >= 0.6 is 0 Å². The normalized spacial score (nSPS) is 20.8. The molecule has 1 N–H and O–H groups in total. The maximum Gasteiger partial charge on any atom is 0.329 e. The minimum Gasteiger partial charge on any atom is -0.479 e. The fourth-order valence-electron chi connectivity index (χ4n) is 2.29. The number of likely N-dealkylation sites (tertiary alicyclic amines) is 1. The molecule has 0 bridgehead atoms. The molecule has 0 atom stereocenters. The van der Waals surface area contributed by atoms with Gasteiger partial charge >= 0.3 is 5.97 Å². The second kappa shape index (κ2) is 4.82. The molecule has 0 aromatic heterocycles. The summed E-state index contributed by atoms with van der Waals surface area (Å²) in [6.07, 6.45) is 1.66. The molecule has 1 amide bonds. The Morgan fingerprint density at radius 1 is 1.44 bits per heavy atom. The first-order chi connectivity index (χ1) is 7.44. The Bertz CT molecular complexity index is 270. The van der Waals surface area contributed by atoms with Crippen LogP contribution in [0, 0.1) is 0 Å². The van der Waals surface area contributed by atoms with Crippen LogP contribution < -0.4 is 0 Å². The lowest BCUT2D eigenvalue weighted by Gasteiger charge is -2.45. The topological polar surface area (TPSA) is 60.9 Å². The molecule has 1 fully saturated rings. The third-order valence-corrected chi connectivity index (χ3v) is 3.38. The highest BCUT2D eigenvalue weighted by Gasteiger charge is 2.46. The zero-order chi connectivity index (χ0) is 12.3. The van der Waals surface area contributed by atoms with E-state index in [0.717, 1.165) is 0 Å². The Kier molecular flexibility index (Phi) is 3.91. The van der Waals surface area contributed by atoms with Gasteiger partial charge in [-0.05, 0) is 33.7 Å². The molecule has 0 spiro atoms. The minimum atomic E-state index is -1.01. The van der Waals surface area contributed by atoms with E-state index < -0.39 is 11.5 Å². The lowest BCUT2D eigenvalue weighted by atomic mass is 9.85. The van der Waals surface area contributed by atoms with E-state index in [1.165, 1.54) is 4.90 Å². The number of amides is 1. The van der Waals surface area contributed by atoms with Crippen LogP contribution in [0.5, 0.6) is 0 Å². The number of rotatable bonds is 4. The van der Waals surface area contributed by atoms with Crippen molar-refractivity contribution in [2.75, 3.05) is 20.1 Å². The van der Waals surface area contributed by atoms with Gasteiger partial charge in [-0.15, -0.1) is 0 Å². The summed E-state index contributed by atoms with van der Waals surface area (Å²) < 4.78 is 0. The smallest absolute Gasteiger partial charge is 0.329 e. The number of carboxylic acids is 1. The van der Waals surface area contributed by atoms with Gasteiger partial charge in [0, 0.05) is 19.1 Å². The van der Waals surface area contributed by atoms with Gasteiger partial charge in [-0.1, -0.05) is 0 Å². The molecule has 0 radical (unpaired) electrons. The van der Waals surface area contributed by atoms with Crippen LogP contribution in [-0.2, 0) is 9.59 Å². The van der Waals surface area contributed by atoms with E-state index in [0.29, 0.717) is 32.3 Å². The molecule has 1 rings (SSSR count). The number of piperidine rings is 1. The average Bonchev–Trinajstić information content (AvgIpc) is 2.21. The van der Waals surface area contributed by atoms with Gasteiger partial charge in [0.05, 0.1) is 0 Å². The summed E-state index contributed by atoms with van der Waals surface area (Å²) in [7, 11) is 1.96. The molecule has 0 unspecified atom stereocenters. The molecule has 5 heteroatoms. The Balaban J connectivity index is 2.96. The number of carbonyl (C=O) groups excluding carboxylic acids is 1. The Hall–Kier alpha value is -1.10. The number of carboxylic acid groups (broad SMARTS) is 1. The summed E-state index contributed by atoms with van der Waals surface area (Å²) in [5, 5.41) is 9.41. The molecule has 0 aliphatic carbocycles. The van der Waals surface area contributed by atoms with Crippen LogP contribution in [0.1, 0.15) is 26.7 Å². The van der Waals surface area contributed by atoms with E-state index >= 15 is 0 Å². The molecule has 0 saturated carbocycles. The second-order valence-corrected chi connectivity index (χ2v) is 4.75. The zero-order valence-corrected chi connectivity index (χ0v) is 10.1. The van der Waals surface area contributed by atoms with Gasteiger partial charge in [0.1, 0.15) is 5.54 Å². The van der Waals surface area contributed by atoms with Gasteiger partial charge < -0.3 is 14.9 Å². The van der Waals surface area contributed by atoms with Crippen LogP contribution in [0.4, 0.5) is 0 Å². The molecule has 16 heavy (non-hydrogen) atoms. The van der Waals surface area contributed by atoms with Crippen molar-refractivity contribution in [2.24, 2.45) is 0 Å². The molecular formula is C11H20N2O3. The Labute approximate surface area is 96.0 Å². The second-order valence-electron chi connectivity index (χ2n) is 4.75. The van der Waals surface area contributed by atoms with Gasteiger partial charge in [0.25, 0.3) is 0 Å². The molecule has 5 nitrogen and oxygen atoms in total. The minimum absolute atomic E-state index is 0.0861. The van der Waals surface area contributed by atoms with E-state index in [4.69, 9.17) is 0 Å². The zero-order valence-electron chi connectivity index (χ0n) is 10.1. The van der Waals surface area contributed by atoms with Gasteiger partial charge in [0.15, 0.2) is 0 Å². The molecule has 0 aromatic rings. The molecule has 1 aliphatic rings. The standard InChI is InChI=1S/C11H20N2O3/c1-9(2)13(8-14)11(10(15)16)4-6-12(3)7-5-11/h8-9H,4-7H2,1-3H3,(H,15,16). The summed E-state index contributed by atoms with van der Waals surface area (Å²) in [6.45, 7) is 5.11. The highest BCUT2D eigenvalue weighted by molar-refractivity contribution is 5.81. The third kappa shape index (κ3) is 2.19. The number of hydrogen-bond donors (Lipinski definition) is 1. The van der Waals surface area contributed by atoms with E-state index in [1.54, 1.807) is 0 Å². The van der Waals surface area contributed by atoms with E-state index in [-0.39, 0.29) is 6.04 Å². The lowest BCUT2D eigenvalue weighted by Crippen LogP contribution is -2.61. The van der Waals surface area contributed by atoms with Crippen molar-refractivity contribution < 1.29 is 14.7 Å². The molecule has 0 aromatic carbocycles. The average molecular weight is 228 g/mol. The van der Waals surface area contributed by atoms with Gasteiger partial charge in [0.2, 0.25) is 6.41 Å². The third-order valence-electron chi connectivity index (χ3n) is 3.38. The summed E-state index contributed by atoms with van der Waals surface area (Å²) >= 11 is 0. The van der Waals surface area contributed by atoms with Crippen molar-refractivity contribution in [1.29, 1.82) is 0 Å². The van der Waals surface area contributed by atoms with Crippen molar-refractivity contribution in [3.63, 3.8) is 0 Å². The van der Waals surface area contributed by atoms with Crippen LogP contribution in [0.25, 0.3) is 0 Å². The fourth-order valence-corrected chi connectivity index (χ4v) is 2.29. The number of carbonyl (C=O) groups is 2. The fraction of sp³-hybridized carbons (Fsp3) is 0.818. The number of aliphatic carboxylic acids is 1. The van der Waals surface area contributed by atoms with Crippen molar-refractivity contribution in [2.45, 2.75) is 38.3 Å². The van der Waals surface area contributed by atoms with Crippen LogP contribution in [0.3, 0.4) is 0 Å². The first kappa shape index (κ1) is 13.0. The highest BCUT2D eigenvalue weighted by Crippen LogP contribution is 2.29. The summed E-state index contributed by atoms with van der Waals surface area (Å²) in [6, 6.07) is -0.0861. The van der Waals surface area contributed by atoms with Crippen LogP contribution in [-0.4, -0.2) is 59.0 Å². The van der Waals surface area contributed by atoms with Gasteiger partial charge in [-0.2, -0.15) is 0 Å². The highest BCUT2D eigenvalue weighted by atomic mass is 16.4. The summed E-state index contributed by atoms with van der Waals surface area (Å²) in [5.74, 6) is -0.888. The number of nitrogens with zero attached hydrogens (tertiary/aromatic N) is 2. The van der Waals surface area contributed by atoms with Crippen LogP contribution in [0.15, 0.2) is 0 Å². The van der Waals surface area contributed by atoms with Crippen molar-refractivity contribution in [3.8, 4) is 0 Å². The molecule has 1 aliphatic heterocycles. The molecular weight excluding hydrogens is 208 g/mol. The summed E-state index contributed by atoms with van der Waals surface area (Å²) in [4.78, 5) is 26.1. The SMILES string of the molecule is CC(C)N(C=O)C1(C(=O)O)CCN(C)CC1. The lowest BCUT2D eigenvalue weighted by molar-refractivity contribution is -0.160. The Morgan fingerprint density at radius 3 is 2.25 bits per heavy atom. The van der Waals surface area contributed by atoms with Gasteiger partial charge in [-0.25, -0.2) is 4.79 Å². The maximum absolute atomic E-state index is 11.5. The van der Waals surface area contributed by atoms with Crippen molar-refractivity contribution >= 4 is 12.4 Å². The van der Waals surface area contributed by atoms with E-state index in [9.17, 15) is 14.7 Å². The molecule has 92 valence electrons. The largest absolute Gasteiger partial charge is 0.479 e. The van der Waals surface area contributed by atoms with Gasteiger partial charge in [-0.3, -0.25) is 4.79 Å². The first-order valence-corrected chi connectivity index (χ1v) is 5.59. The first-order valence-electron chi connectivity index (χ1n) is 5.59. The van der Waals surface area contributed by atoms with Crippen molar-refractivity contribution in [1.82, 2.24) is 9.80 Å². The predicted molar refractivity (Wildman–Crippen MR) is 60.1 cm³/mol. The van der Waals surface area contributed by atoms with E-state index in [1.807, 2.05) is 20.9 Å². The monoisotopic (exact) mass is 228 g/mol.